The molecule has 0 radical (unpaired) electrons. The highest BCUT2D eigenvalue weighted by Gasteiger charge is 2.49. The summed E-state index contributed by atoms with van der Waals surface area (Å²) >= 11 is 0. The minimum Gasteiger partial charge on any atom is -0.481 e. The van der Waals surface area contributed by atoms with E-state index < -0.39 is 111 Å². The molecule has 0 bridgehead atoms. The number of rotatable bonds is 11. The molecule has 1 aromatic rings. The normalized spacial score (nSPS) is 33.2. The zero-order valence-corrected chi connectivity index (χ0v) is 23.6. The van der Waals surface area contributed by atoms with Crippen molar-refractivity contribution < 1.29 is 79.3 Å². The molecular weight excluding hydrogens is 596 g/mol. The summed E-state index contributed by atoms with van der Waals surface area (Å²) in [5, 5.41) is 87.5. The first kappa shape index (κ1) is 37.3. The quantitative estimate of drug-likeness (QED) is 0.101. The number of ether oxygens (including phenoxy) is 4. The summed E-state index contributed by atoms with van der Waals surface area (Å²) in [6.07, 6.45) is -15.9. The largest absolute Gasteiger partial charge is 0.481 e. The standard InChI is InChI=1S/C14H18N2O5.C12H22O11/c1-21-14(20)11(7-9-5-3-2-4-6-9)16-13(19)10(15)8-12(17)18;13-1-3-5(15)7(17)9(19)11(21-3)23-12-10(20)8(18)6(16)4(2-14)22-12/h2-6,10-11H,7-8,15H2,1H3,(H,16,19)(H,17,18);3-20H,1-2H2/t10-,11-;3-,4-,5-,6-,7+,8+,9-,10-,11-,12-/m01/s1. The van der Waals surface area contributed by atoms with Gasteiger partial charge in [-0.15, -0.1) is 0 Å². The van der Waals surface area contributed by atoms with Crippen LogP contribution in [0.4, 0.5) is 0 Å². The van der Waals surface area contributed by atoms with E-state index in [1.165, 1.54) is 7.11 Å². The first-order valence-electron chi connectivity index (χ1n) is 13.4. The number of carboxylic acids is 1. The molecule has 18 heteroatoms. The Morgan fingerprint density at radius 1 is 0.841 bits per heavy atom. The third-order valence-electron chi connectivity index (χ3n) is 6.78. The van der Waals surface area contributed by atoms with Crippen LogP contribution < -0.4 is 11.1 Å². The summed E-state index contributed by atoms with van der Waals surface area (Å²) in [6.45, 7) is -1.33. The predicted octanol–water partition coefficient (Wildman–Crippen LogP) is -5.71. The molecule has 2 saturated heterocycles. The Labute approximate surface area is 251 Å². The van der Waals surface area contributed by atoms with Crippen LogP contribution in [0, 0.1) is 0 Å². The molecule has 0 spiro atoms. The Hall–Kier alpha value is -2.85. The molecular formula is C26H40N2O16. The predicted molar refractivity (Wildman–Crippen MR) is 143 cm³/mol. The second kappa shape index (κ2) is 17.6. The molecule has 0 aromatic heterocycles. The molecule has 12 N–H and O–H groups in total. The maximum atomic E-state index is 11.8. The zero-order chi connectivity index (χ0) is 33.1. The minimum atomic E-state index is -1.72. The summed E-state index contributed by atoms with van der Waals surface area (Å²) < 4.78 is 20.0. The van der Waals surface area contributed by atoms with Crippen LogP contribution in [-0.4, -0.2) is 158 Å². The lowest BCUT2D eigenvalue weighted by atomic mass is 9.98. The Balaban J connectivity index is 0.000000308. The van der Waals surface area contributed by atoms with Gasteiger partial charge in [0.25, 0.3) is 0 Å². The first-order valence-corrected chi connectivity index (χ1v) is 13.4. The number of methoxy groups -OCH3 is 1. The van der Waals surface area contributed by atoms with Gasteiger partial charge in [0, 0.05) is 6.42 Å². The van der Waals surface area contributed by atoms with Crippen LogP contribution in [0.2, 0.25) is 0 Å². The molecule has 12 atom stereocenters. The van der Waals surface area contributed by atoms with Gasteiger partial charge in [-0.3, -0.25) is 9.59 Å². The van der Waals surface area contributed by atoms with Gasteiger partial charge in [-0.2, -0.15) is 0 Å². The number of hydrogen-bond acceptors (Lipinski definition) is 16. The van der Waals surface area contributed by atoms with Gasteiger partial charge in [-0.25, -0.2) is 4.79 Å². The molecule has 2 fully saturated rings. The summed E-state index contributed by atoms with van der Waals surface area (Å²) in [5.74, 6) is -2.51. The van der Waals surface area contributed by atoms with Crippen molar-refractivity contribution in [1.29, 1.82) is 0 Å². The Bertz CT molecular complexity index is 1010. The molecule has 1 aromatic carbocycles. The van der Waals surface area contributed by atoms with E-state index in [9.17, 15) is 45.0 Å². The van der Waals surface area contributed by atoms with E-state index >= 15 is 0 Å². The van der Waals surface area contributed by atoms with Crippen molar-refractivity contribution in [2.45, 2.75) is 86.3 Å². The number of amides is 1. The minimum absolute atomic E-state index is 0.235. The molecule has 0 aliphatic carbocycles. The molecule has 2 heterocycles. The summed E-state index contributed by atoms with van der Waals surface area (Å²) in [6, 6.07) is 6.93. The number of carbonyl (C=O) groups excluding carboxylic acids is 2. The third kappa shape index (κ3) is 10.1. The number of aliphatic hydroxyl groups excluding tert-OH is 8. The highest BCUT2D eigenvalue weighted by molar-refractivity contribution is 5.89. The van der Waals surface area contributed by atoms with Gasteiger partial charge in [0.2, 0.25) is 5.91 Å². The molecule has 44 heavy (non-hydrogen) atoms. The average molecular weight is 637 g/mol. The fraction of sp³-hybridized carbons (Fsp3) is 0.654. The Morgan fingerprint density at radius 2 is 1.32 bits per heavy atom. The van der Waals surface area contributed by atoms with E-state index in [1.54, 1.807) is 12.1 Å². The van der Waals surface area contributed by atoms with E-state index in [0.29, 0.717) is 0 Å². The number of esters is 1. The summed E-state index contributed by atoms with van der Waals surface area (Å²) in [5.41, 5.74) is 6.29. The lowest BCUT2D eigenvalue weighted by Gasteiger charge is -2.44. The number of nitrogens with two attached hydrogens (primary N) is 1. The zero-order valence-electron chi connectivity index (χ0n) is 23.6. The number of nitrogens with one attached hydrogen (secondary N) is 1. The van der Waals surface area contributed by atoms with Crippen molar-refractivity contribution in [2.75, 3.05) is 20.3 Å². The second-order valence-electron chi connectivity index (χ2n) is 10.0. The van der Waals surface area contributed by atoms with Crippen molar-refractivity contribution >= 4 is 17.8 Å². The fourth-order valence-electron chi connectivity index (χ4n) is 4.24. The fourth-order valence-corrected chi connectivity index (χ4v) is 4.24. The molecule has 2 aliphatic rings. The molecule has 1 amide bonds. The van der Waals surface area contributed by atoms with Crippen molar-refractivity contribution in [1.82, 2.24) is 5.32 Å². The van der Waals surface area contributed by atoms with E-state index in [1.807, 2.05) is 18.2 Å². The molecule has 0 unspecified atom stereocenters. The van der Waals surface area contributed by atoms with Crippen LogP contribution in [0.5, 0.6) is 0 Å². The van der Waals surface area contributed by atoms with E-state index in [2.05, 4.69) is 10.1 Å². The molecule has 3 rings (SSSR count). The molecule has 2 aliphatic heterocycles. The van der Waals surface area contributed by atoms with Crippen molar-refractivity contribution in [3.8, 4) is 0 Å². The lowest BCUT2D eigenvalue weighted by molar-refractivity contribution is -0.376. The Morgan fingerprint density at radius 3 is 1.73 bits per heavy atom. The monoisotopic (exact) mass is 636 g/mol. The van der Waals surface area contributed by atoms with Crippen molar-refractivity contribution in [3.05, 3.63) is 35.9 Å². The van der Waals surface area contributed by atoms with Crippen LogP contribution in [0.25, 0.3) is 0 Å². The van der Waals surface area contributed by atoms with Crippen LogP contribution in [0.15, 0.2) is 30.3 Å². The number of carboxylic acid groups (broad SMARTS) is 1. The summed E-state index contributed by atoms with van der Waals surface area (Å²) in [4.78, 5) is 34.0. The van der Waals surface area contributed by atoms with Gasteiger partial charge in [-0.1, -0.05) is 30.3 Å². The number of aliphatic carboxylic acids is 1. The van der Waals surface area contributed by atoms with Crippen molar-refractivity contribution in [2.24, 2.45) is 5.73 Å². The van der Waals surface area contributed by atoms with E-state index in [4.69, 9.17) is 35.3 Å². The molecule has 18 nitrogen and oxygen atoms in total. The smallest absolute Gasteiger partial charge is 0.328 e. The second-order valence-corrected chi connectivity index (χ2v) is 10.0. The average Bonchev–Trinajstić information content (AvgIpc) is 3.01. The van der Waals surface area contributed by atoms with Crippen molar-refractivity contribution in [3.63, 3.8) is 0 Å². The highest BCUT2D eigenvalue weighted by atomic mass is 16.8. The number of carbonyl (C=O) groups is 3. The van der Waals surface area contributed by atoms with Gasteiger partial charge in [-0.05, 0) is 5.56 Å². The van der Waals surface area contributed by atoms with Crippen LogP contribution in [0.3, 0.4) is 0 Å². The first-order chi connectivity index (χ1) is 20.7. The van der Waals surface area contributed by atoms with Crippen LogP contribution in [-0.2, 0) is 39.8 Å². The molecule has 0 saturated carbocycles. The van der Waals surface area contributed by atoms with Gasteiger partial charge in [0.15, 0.2) is 12.6 Å². The summed E-state index contributed by atoms with van der Waals surface area (Å²) in [7, 11) is 1.21. The van der Waals surface area contributed by atoms with Crippen LogP contribution >= 0.6 is 0 Å². The maximum Gasteiger partial charge on any atom is 0.328 e. The third-order valence-corrected chi connectivity index (χ3v) is 6.78. The van der Waals surface area contributed by atoms with Gasteiger partial charge in [0.05, 0.1) is 32.8 Å². The maximum absolute atomic E-state index is 11.8. The molecule has 250 valence electrons. The highest BCUT2D eigenvalue weighted by Crippen LogP contribution is 2.27. The van der Waals surface area contributed by atoms with Gasteiger partial charge in [0.1, 0.15) is 54.9 Å². The van der Waals surface area contributed by atoms with E-state index in [0.717, 1.165) is 5.56 Å². The van der Waals surface area contributed by atoms with Gasteiger partial charge >= 0.3 is 11.9 Å². The topological polar surface area (TPSA) is 308 Å². The SMILES string of the molecule is COC(=O)[C@H](Cc1ccccc1)NC(=O)[C@@H](N)CC(=O)O.OC[C@H]1O[C@H](O[C@H]2O[C@H](CO)[C@@H](O)[C@H](O)[C@H]2O)[C@H](O)[C@@H](O)[C@@H]1O. The number of benzene rings is 1. The number of hydrogen-bond donors (Lipinski definition) is 11. The van der Waals surface area contributed by atoms with Gasteiger partial charge < -0.3 is 76.0 Å². The Kier molecular flexibility index (Phi) is 14.9. The van der Waals surface area contributed by atoms with E-state index in [-0.39, 0.29) is 6.42 Å². The lowest BCUT2D eigenvalue weighted by Crippen LogP contribution is -2.63. The van der Waals surface area contributed by atoms with Crippen LogP contribution in [0.1, 0.15) is 12.0 Å². The number of aliphatic hydroxyl groups is 8.